The van der Waals surface area contributed by atoms with Crippen LogP contribution >= 0.6 is 0 Å². The molecular weight excluding hydrogens is 212 g/mol. The van der Waals surface area contributed by atoms with Crippen molar-refractivity contribution in [2.45, 2.75) is 32.3 Å². The number of nitrogens with one attached hydrogen (secondary N) is 1. The normalized spacial score (nSPS) is 14.2. The van der Waals surface area contributed by atoms with Crippen LogP contribution in [0.15, 0.2) is 0 Å². The van der Waals surface area contributed by atoms with Gasteiger partial charge in [0.2, 0.25) is 5.91 Å². The Morgan fingerprint density at radius 2 is 2.00 bits per heavy atom. The van der Waals surface area contributed by atoms with E-state index in [-0.39, 0.29) is 31.3 Å². The molecule has 5 N–H and O–H groups in total. The molecule has 0 aromatic heterocycles. The second kappa shape index (κ2) is 8.06. The molecule has 0 aromatic carbocycles. The lowest BCUT2D eigenvalue weighted by atomic mass is 10.0. The Morgan fingerprint density at radius 1 is 1.38 bits per heavy atom. The molecule has 1 unspecified atom stereocenters. The number of carboxylic acids is 1. The number of aliphatic carboxylic acids is 1. The second-order valence-electron chi connectivity index (χ2n) is 3.66. The number of carboxylic acid groups (broad SMARTS) is 1. The Hall–Kier alpha value is -1.14. The zero-order chi connectivity index (χ0) is 12.6. The maximum atomic E-state index is 11.5. The molecule has 0 bridgehead atoms. The van der Waals surface area contributed by atoms with Crippen molar-refractivity contribution >= 4 is 11.9 Å². The Balaban J connectivity index is 3.83. The SMILES string of the molecule is CCCC(CN)C(=O)NCC[C@H](O)C(=O)O. The minimum absolute atomic E-state index is 0.00445. The van der Waals surface area contributed by atoms with Gasteiger partial charge < -0.3 is 21.3 Å². The smallest absolute Gasteiger partial charge is 0.332 e. The molecular formula is C10H20N2O4. The van der Waals surface area contributed by atoms with Gasteiger partial charge in [-0.15, -0.1) is 0 Å². The predicted molar refractivity (Wildman–Crippen MR) is 58.7 cm³/mol. The Kier molecular flexibility index (Phi) is 7.49. The van der Waals surface area contributed by atoms with Crippen LogP contribution in [0.2, 0.25) is 0 Å². The van der Waals surface area contributed by atoms with E-state index in [4.69, 9.17) is 15.9 Å². The van der Waals surface area contributed by atoms with Crippen molar-refractivity contribution in [3.63, 3.8) is 0 Å². The van der Waals surface area contributed by atoms with Crippen LogP contribution in [-0.4, -0.2) is 41.3 Å². The van der Waals surface area contributed by atoms with E-state index in [0.717, 1.165) is 6.42 Å². The van der Waals surface area contributed by atoms with Crippen molar-refractivity contribution in [1.29, 1.82) is 0 Å². The number of amides is 1. The summed E-state index contributed by atoms with van der Waals surface area (Å²) in [5.41, 5.74) is 5.44. The first-order valence-electron chi connectivity index (χ1n) is 5.41. The highest BCUT2D eigenvalue weighted by Gasteiger charge is 2.17. The van der Waals surface area contributed by atoms with Gasteiger partial charge >= 0.3 is 5.97 Å². The van der Waals surface area contributed by atoms with Gasteiger partial charge in [0.25, 0.3) is 0 Å². The number of carbonyl (C=O) groups is 2. The van der Waals surface area contributed by atoms with Crippen molar-refractivity contribution in [3.05, 3.63) is 0 Å². The van der Waals surface area contributed by atoms with Gasteiger partial charge in [0, 0.05) is 19.5 Å². The molecule has 0 rings (SSSR count). The molecule has 0 aliphatic carbocycles. The van der Waals surface area contributed by atoms with E-state index in [1.807, 2.05) is 6.92 Å². The summed E-state index contributed by atoms with van der Waals surface area (Å²) >= 11 is 0. The first kappa shape index (κ1) is 14.9. The third-order valence-electron chi connectivity index (χ3n) is 2.29. The highest BCUT2D eigenvalue weighted by atomic mass is 16.4. The molecule has 94 valence electrons. The van der Waals surface area contributed by atoms with Gasteiger partial charge in [0.1, 0.15) is 0 Å². The fourth-order valence-electron chi connectivity index (χ4n) is 1.30. The average molecular weight is 232 g/mol. The van der Waals surface area contributed by atoms with Crippen LogP contribution in [0, 0.1) is 5.92 Å². The standard InChI is InChI=1S/C10H20N2O4/c1-2-3-7(6-11)9(14)12-5-4-8(13)10(15)16/h7-8,13H,2-6,11H2,1H3,(H,12,14)(H,15,16)/t7?,8-/m0/s1. The summed E-state index contributed by atoms with van der Waals surface area (Å²) in [5.74, 6) is -1.69. The fraction of sp³-hybridized carbons (Fsp3) is 0.800. The lowest BCUT2D eigenvalue weighted by Crippen LogP contribution is -2.37. The van der Waals surface area contributed by atoms with Crippen LogP contribution in [0.1, 0.15) is 26.2 Å². The van der Waals surface area contributed by atoms with Gasteiger partial charge in [-0.05, 0) is 6.42 Å². The minimum atomic E-state index is -1.43. The molecule has 16 heavy (non-hydrogen) atoms. The zero-order valence-electron chi connectivity index (χ0n) is 9.48. The number of hydrogen-bond acceptors (Lipinski definition) is 4. The third-order valence-corrected chi connectivity index (χ3v) is 2.29. The summed E-state index contributed by atoms with van der Waals surface area (Å²) in [6.45, 7) is 2.39. The molecule has 0 saturated carbocycles. The molecule has 6 nitrogen and oxygen atoms in total. The van der Waals surface area contributed by atoms with Crippen LogP contribution in [0.4, 0.5) is 0 Å². The first-order chi connectivity index (χ1) is 7.52. The maximum Gasteiger partial charge on any atom is 0.332 e. The molecule has 0 radical (unpaired) electrons. The first-order valence-corrected chi connectivity index (χ1v) is 5.41. The van der Waals surface area contributed by atoms with Crippen molar-refractivity contribution in [3.8, 4) is 0 Å². The lowest BCUT2D eigenvalue weighted by molar-refractivity contribution is -0.147. The van der Waals surface area contributed by atoms with Crippen LogP contribution in [0.5, 0.6) is 0 Å². The summed E-state index contributed by atoms with van der Waals surface area (Å²) < 4.78 is 0. The van der Waals surface area contributed by atoms with Gasteiger partial charge in [0.05, 0.1) is 5.92 Å². The van der Waals surface area contributed by atoms with Gasteiger partial charge in [-0.3, -0.25) is 4.79 Å². The summed E-state index contributed by atoms with van der Waals surface area (Å²) in [6.07, 6.45) is 0.157. The van der Waals surface area contributed by atoms with Crippen molar-refractivity contribution in [1.82, 2.24) is 5.32 Å². The molecule has 6 heteroatoms. The summed E-state index contributed by atoms with van der Waals surface area (Å²) in [4.78, 5) is 21.8. The topological polar surface area (TPSA) is 113 Å². The predicted octanol–water partition coefficient (Wildman–Crippen LogP) is -0.687. The number of nitrogens with two attached hydrogens (primary N) is 1. The van der Waals surface area contributed by atoms with Gasteiger partial charge in [0.15, 0.2) is 6.10 Å². The molecule has 1 amide bonds. The van der Waals surface area contributed by atoms with Crippen molar-refractivity contribution < 1.29 is 19.8 Å². The van der Waals surface area contributed by atoms with Crippen LogP contribution in [0.25, 0.3) is 0 Å². The number of aliphatic hydroxyl groups is 1. The van der Waals surface area contributed by atoms with Crippen LogP contribution in [-0.2, 0) is 9.59 Å². The molecule has 0 fully saturated rings. The number of aliphatic hydroxyl groups excluding tert-OH is 1. The largest absolute Gasteiger partial charge is 0.479 e. The Bertz CT molecular complexity index is 233. The zero-order valence-corrected chi connectivity index (χ0v) is 9.48. The average Bonchev–Trinajstić information content (AvgIpc) is 2.25. The quantitative estimate of drug-likeness (QED) is 0.442. The van der Waals surface area contributed by atoms with E-state index in [2.05, 4.69) is 5.32 Å². The van der Waals surface area contributed by atoms with E-state index < -0.39 is 12.1 Å². The van der Waals surface area contributed by atoms with Gasteiger partial charge in [-0.25, -0.2) is 4.79 Å². The monoisotopic (exact) mass is 232 g/mol. The summed E-state index contributed by atoms with van der Waals surface area (Å²) in [5, 5.41) is 19.9. The molecule has 0 saturated heterocycles. The van der Waals surface area contributed by atoms with E-state index in [0.29, 0.717) is 6.42 Å². The highest BCUT2D eigenvalue weighted by Crippen LogP contribution is 2.04. The summed E-state index contributed by atoms with van der Waals surface area (Å²) in [6, 6.07) is 0. The Labute approximate surface area is 94.8 Å². The number of carbonyl (C=O) groups excluding carboxylic acids is 1. The second-order valence-corrected chi connectivity index (χ2v) is 3.66. The number of hydrogen-bond donors (Lipinski definition) is 4. The minimum Gasteiger partial charge on any atom is -0.479 e. The van der Waals surface area contributed by atoms with E-state index in [1.54, 1.807) is 0 Å². The fourth-order valence-corrected chi connectivity index (χ4v) is 1.30. The van der Waals surface area contributed by atoms with E-state index >= 15 is 0 Å². The molecule has 0 spiro atoms. The number of rotatable bonds is 8. The third kappa shape index (κ3) is 5.67. The van der Waals surface area contributed by atoms with Gasteiger partial charge in [-0.1, -0.05) is 13.3 Å². The molecule has 0 aliphatic heterocycles. The maximum absolute atomic E-state index is 11.5. The molecule has 0 aliphatic rings. The highest BCUT2D eigenvalue weighted by molar-refractivity contribution is 5.79. The van der Waals surface area contributed by atoms with Gasteiger partial charge in [-0.2, -0.15) is 0 Å². The molecule has 0 heterocycles. The van der Waals surface area contributed by atoms with Crippen LogP contribution < -0.4 is 11.1 Å². The van der Waals surface area contributed by atoms with Crippen LogP contribution in [0.3, 0.4) is 0 Å². The van der Waals surface area contributed by atoms with Crippen molar-refractivity contribution in [2.24, 2.45) is 11.7 Å². The van der Waals surface area contributed by atoms with E-state index in [1.165, 1.54) is 0 Å². The Morgan fingerprint density at radius 3 is 2.44 bits per heavy atom. The van der Waals surface area contributed by atoms with Crippen molar-refractivity contribution in [2.75, 3.05) is 13.1 Å². The lowest BCUT2D eigenvalue weighted by Gasteiger charge is -2.14. The molecule has 2 atom stereocenters. The molecule has 0 aromatic rings. The summed E-state index contributed by atoms with van der Waals surface area (Å²) in [7, 11) is 0. The van der Waals surface area contributed by atoms with E-state index in [9.17, 15) is 9.59 Å².